The van der Waals surface area contributed by atoms with Crippen LogP contribution in [0.5, 0.6) is 5.75 Å². The van der Waals surface area contributed by atoms with Gasteiger partial charge >= 0.3 is 0 Å². The van der Waals surface area contributed by atoms with Gasteiger partial charge in [0.05, 0.1) is 12.3 Å². The number of hydrogen-bond donors (Lipinski definition) is 1. The first-order valence-electron chi connectivity index (χ1n) is 6.62. The number of alkyl halides is 1. The van der Waals surface area contributed by atoms with E-state index in [0.717, 1.165) is 13.0 Å². The van der Waals surface area contributed by atoms with Crippen LogP contribution in [0.3, 0.4) is 0 Å². The Bertz CT molecular complexity index is 387. The maximum absolute atomic E-state index is 14.9. The van der Waals surface area contributed by atoms with Crippen LogP contribution in [-0.2, 0) is 5.67 Å². The van der Waals surface area contributed by atoms with Gasteiger partial charge in [0.2, 0.25) is 0 Å². The summed E-state index contributed by atoms with van der Waals surface area (Å²) >= 11 is 0. The van der Waals surface area contributed by atoms with Crippen molar-refractivity contribution >= 4 is 0 Å². The minimum atomic E-state index is -1.27. The Morgan fingerprint density at radius 1 is 1.33 bits per heavy atom. The van der Waals surface area contributed by atoms with Crippen LogP contribution < -0.4 is 10.1 Å². The molecule has 18 heavy (non-hydrogen) atoms. The number of nitrogens with one attached hydrogen (secondary N) is 1. The minimum Gasteiger partial charge on any atom is -0.489 e. The first-order valence-corrected chi connectivity index (χ1v) is 6.62. The van der Waals surface area contributed by atoms with Crippen molar-refractivity contribution in [3.63, 3.8) is 0 Å². The van der Waals surface area contributed by atoms with Crippen LogP contribution in [0, 0.1) is 0 Å². The van der Waals surface area contributed by atoms with E-state index in [1.807, 2.05) is 13.8 Å². The van der Waals surface area contributed by atoms with Crippen molar-refractivity contribution in [1.82, 2.24) is 10.3 Å². The molecule has 1 atom stereocenters. The second kappa shape index (κ2) is 5.65. The molecule has 2 rings (SSSR count). The van der Waals surface area contributed by atoms with Gasteiger partial charge in [-0.05, 0) is 52.3 Å². The van der Waals surface area contributed by atoms with Crippen LogP contribution >= 0.6 is 0 Å². The molecule has 0 bridgehead atoms. The lowest BCUT2D eigenvalue weighted by atomic mass is 9.90. The van der Waals surface area contributed by atoms with Gasteiger partial charge in [-0.15, -0.1) is 0 Å². The Hall–Kier alpha value is -1.16. The fraction of sp³-hybridized carbons (Fsp3) is 0.643. The summed E-state index contributed by atoms with van der Waals surface area (Å²) in [6.45, 7) is 5.51. The lowest BCUT2D eigenvalue weighted by Gasteiger charge is -2.24. The summed E-state index contributed by atoms with van der Waals surface area (Å²) in [6, 6.07) is 1.79. The number of halogens is 1. The van der Waals surface area contributed by atoms with Gasteiger partial charge in [-0.1, -0.05) is 0 Å². The summed E-state index contributed by atoms with van der Waals surface area (Å²) in [5.41, 5.74) is -0.628. The molecule has 1 saturated heterocycles. The molecule has 1 fully saturated rings. The van der Waals surface area contributed by atoms with Crippen molar-refractivity contribution < 1.29 is 9.13 Å². The molecule has 0 aliphatic carbocycles. The van der Waals surface area contributed by atoms with Crippen LogP contribution in [0.25, 0.3) is 0 Å². The van der Waals surface area contributed by atoms with Crippen LogP contribution in [0.1, 0.15) is 38.7 Å². The molecule has 1 aliphatic heterocycles. The van der Waals surface area contributed by atoms with Crippen molar-refractivity contribution in [3.05, 3.63) is 24.0 Å². The molecular formula is C14H21FN2O. The second-order valence-corrected chi connectivity index (χ2v) is 5.14. The zero-order valence-corrected chi connectivity index (χ0v) is 11.1. The number of nitrogens with zero attached hydrogens (tertiary/aromatic N) is 1. The van der Waals surface area contributed by atoms with E-state index in [4.69, 9.17) is 4.74 Å². The van der Waals surface area contributed by atoms with E-state index in [0.29, 0.717) is 30.7 Å². The van der Waals surface area contributed by atoms with Gasteiger partial charge < -0.3 is 10.1 Å². The molecule has 3 nitrogen and oxygen atoms in total. The Balaban J connectivity index is 2.20. The van der Waals surface area contributed by atoms with Crippen molar-refractivity contribution in [1.29, 1.82) is 0 Å². The van der Waals surface area contributed by atoms with E-state index < -0.39 is 5.67 Å². The summed E-state index contributed by atoms with van der Waals surface area (Å²) in [7, 11) is 0. The Morgan fingerprint density at radius 3 is 2.94 bits per heavy atom. The monoisotopic (exact) mass is 252 g/mol. The first-order chi connectivity index (χ1) is 8.60. The largest absolute Gasteiger partial charge is 0.489 e. The zero-order valence-electron chi connectivity index (χ0n) is 11.1. The fourth-order valence-corrected chi connectivity index (χ4v) is 2.32. The molecule has 0 saturated carbocycles. The molecule has 1 unspecified atom stereocenters. The molecule has 0 aromatic carbocycles. The Kier molecular flexibility index (Phi) is 4.17. The molecule has 100 valence electrons. The lowest BCUT2D eigenvalue weighted by molar-refractivity contribution is 0.143. The molecular weight excluding hydrogens is 231 g/mol. The second-order valence-electron chi connectivity index (χ2n) is 5.14. The molecule has 0 radical (unpaired) electrons. The van der Waals surface area contributed by atoms with Crippen LogP contribution in [0.4, 0.5) is 4.39 Å². The highest BCUT2D eigenvalue weighted by Crippen LogP contribution is 2.36. The number of ether oxygens (including phenoxy) is 1. The maximum Gasteiger partial charge on any atom is 0.138 e. The van der Waals surface area contributed by atoms with Gasteiger partial charge in [0.1, 0.15) is 11.4 Å². The smallest absolute Gasteiger partial charge is 0.138 e. The third-order valence-corrected chi connectivity index (χ3v) is 3.23. The van der Waals surface area contributed by atoms with Crippen molar-refractivity contribution in [2.24, 2.45) is 0 Å². The normalized spacial score (nSPS) is 24.9. The van der Waals surface area contributed by atoms with E-state index >= 15 is 0 Å². The predicted molar refractivity (Wildman–Crippen MR) is 69.5 cm³/mol. The maximum atomic E-state index is 14.9. The summed E-state index contributed by atoms with van der Waals surface area (Å²) in [5, 5.41) is 3.23. The summed E-state index contributed by atoms with van der Waals surface area (Å²) in [5.74, 6) is 0.650. The van der Waals surface area contributed by atoms with E-state index in [9.17, 15) is 4.39 Å². The molecule has 4 heteroatoms. The summed E-state index contributed by atoms with van der Waals surface area (Å²) < 4.78 is 20.5. The van der Waals surface area contributed by atoms with Crippen molar-refractivity contribution in [2.45, 2.75) is 44.9 Å². The SMILES string of the molecule is CC(C)Oc1cncc(C2(F)CCCNCC2)c1. The van der Waals surface area contributed by atoms with Crippen LogP contribution in [0.2, 0.25) is 0 Å². The number of hydrogen-bond acceptors (Lipinski definition) is 3. The number of aromatic nitrogens is 1. The molecule has 1 aliphatic rings. The molecule has 1 N–H and O–H groups in total. The third-order valence-electron chi connectivity index (χ3n) is 3.23. The quantitative estimate of drug-likeness (QED) is 0.898. The highest BCUT2D eigenvalue weighted by Gasteiger charge is 2.33. The van der Waals surface area contributed by atoms with Crippen LogP contribution in [0.15, 0.2) is 18.5 Å². The molecule has 1 aromatic heterocycles. The average molecular weight is 252 g/mol. The minimum absolute atomic E-state index is 0.0772. The van der Waals surface area contributed by atoms with Gasteiger partial charge in [0, 0.05) is 11.8 Å². The number of rotatable bonds is 3. The predicted octanol–water partition coefficient (Wildman–Crippen LogP) is 2.81. The molecule has 0 spiro atoms. The molecule has 1 aromatic rings. The van der Waals surface area contributed by atoms with Crippen molar-refractivity contribution in [2.75, 3.05) is 13.1 Å². The highest BCUT2D eigenvalue weighted by atomic mass is 19.1. The standard InChI is InChI=1S/C14H21FN2O/c1-11(2)18-13-8-12(9-17-10-13)14(15)4-3-6-16-7-5-14/h8-11,16H,3-7H2,1-2H3. The van der Waals surface area contributed by atoms with Gasteiger partial charge in [0.25, 0.3) is 0 Å². The Morgan fingerprint density at radius 2 is 2.17 bits per heavy atom. The van der Waals surface area contributed by atoms with E-state index in [-0.39, 0.29) is 6.10 Å². The third kappa shape index (κ3) is 3.19. The van der Waals surface area contributed by atoms with E-state index in [1.165, 1.54) is 0 Å². The van der Waals surface area contributed by atoms with Gasteiger partial charge in [-0.25, -0.2) is 4.39 Å². The molecule has 2 heterocycles. The Labute approximate surface area is 108 Å². The van der Waals surface area contributed by atoms with Gasteiger partial charge in [0.15, 0.2) is 0 Å². The van der Waals surface area contributed by atoms with Crippen molar-refractivity contribution in [3.8, 4) is 5.75 Å². The summed E-state index contributed by atoms with van der Waals surface area (Å²) in [6.07, 6.45) is 5.24. The van der Waals surface area contributed by atoms with Crippen LogP contribution in [-0.4, -0.2) is 24.2 Å². The average Bonchev–Trinajstić information content (AvgIpc) is 2.55. The van der Waals surface area contributed by atoms with Gasteiger partial charge in [-0.2, -0.15) is 0 Å². The van der Waals surface area contributed by atoms with E-state index in [2.05, 4.69) is 10.3 Å². The summed E-state index contributed by atoms with van der Waals surface area (Å²) in [4.78, 5) is 4.10. The van der Waals surface area contributed by atoms with E-state index in [1.54, 1.807) is 18.5 Å². The van der Waals surface area contributed by atoms with Gasteiger partial charge in [-0.3, -0.25) is 4.98 Å². The topological polar surface area (TPSA) is 34.1 Å². The fourth-order valence-electron chi connectivity index (χ4n) is 2.32. The highest BCUT2D eigenvalue weighted by molar-refractivity contribution is 5.28. The molecule has 0 amide bonds. The number of pyridine rings is 1. The first kappa shape index (κ1) is 13.3. The lowest BCUT2D eigenvalue weighted by Crippen LogP contribution is -2.22. The zero-order chi connectivity index (χ0) is 13.0.